The molecular formula is C26H36Br2Si. The van der Waals surface area contributed by atoms with E-state index < -0.39 is 8.07 Å². The molecular weight excluding hydrogens is 500 g/mol. The van der Waals surface area contributed by atoms with Crippen LogP contribution in [0.4, 0.5) is 0 Å². The minimum absolute atomic E-state index is 0.694. The number of halogens is 2. The van der Waals surface area contributed by atoms with Gasteiger partial charge in [0.15, 0.2) is 0 Å². The van der Waals surface area contributed by atoms with Crippen molar-refractivity contribution >= 4 is 46.0 Å². The molecule has 5 rings (SSSR count). The Kier molecular flexibility index (Phi) is 5.52. The maximum Gasteiger partial charge on any atom is 0.0635 e. The van der Waals surface area contributed by atoms with Gasteiger partial charge in [0.2, 0.25) is 0 Å². The monoisotopic (exact) mass is 534 g/mol. The summed E-state index contributed by atoms with van der Waals surface area (Å²) in [4.78, 5) is 0.772. The van der Waals surface area contributed by atoms with Crippen molar-refractivity contribution in [1.82, 2.24) is 0 Å². The van der Waals surface area contributed by atoms with Gasteiger partial charge >= 0.3 is 0 Å². The maximum atomic E-state index is 4.21. The summed E-state index contributed by atoms with van der Waals surface area (Å²) in [7, 11) is -1.54. The molecule has 0 nitrogen and oxygen atoms in total. The van der Waals surface area contributed by atoms with Crippen LogP contribution >= 0.6 is 31.9 Å². The van der Waals surface area contributed by atoms with Crippen LogP contribution in [-0.2, 0) is 0 Å². The van der Waals surface area contributed by atoms with Crippen molar-refractivity contribution in [2.24, 2.45) is 29.6 Å². The molecule has 0 aliphatic heterocycles. The van der Waals surface area contributed by atoms with Crippen LogP contribution in [0.1, 0.15) is 69.0 Å². The Morgan fingerprint density at radius 1 is 0.966 bits per heavy atom. The summed E-state index contributed by atoms with van der Waals surface area (Å²) >= 11 is 8.04. The molecule has 3 heteroatoms. The third kappa shape index (κ3) is 3.23. The van der Waals surface area contributed by atoms with Crippen molar-refractivity contribution in [2.75, 3.05) is 0 Å². The number of fused-ring (bicyclic) bond motifs is 4. The molecule has 0 radical (unpaired) electrons. The minimum Gasteiger partial charge on any atom is -0.0887 e. The predicted octanol–water partition coefficient (Wildman–Crippen LogP) is 8.81. The van der Waals surface area contributed by atoms with Gasteiger partial charge in [-0.15, -0.1) is 0 Å². The summed E-state index contributed by atoms with van der Waals surface area (Å²) in [6.07, 6.45) is 11.4. The molecule has 0 saturated heterocycles. The molecule has 4 aliphatic carbocycles. The van der Waals surface area contributed by atoms with E-state index in [-0.39, 0.29) is 0 Å². The van der Waals surface area contributed by atoms with E-state index in [2.05, 4.69) is 83.1 Å². The molecule has 3 saturated carbocycles. The fraction of sp³-hybridized carbons (Fsp3) is 0.692. The first-order chi connectivity index (χ1) is 13.8. The second-order valence-electron chi connectivity index (χ2n) is 11.3. The van der Waals surface area contributed by atoms with Crippen molar-refractivity contribution in [3.8, 4) is 0 Å². The fourth-order valence-electron chi connectivity index (χ4n) is 8.84. The second-order valence-corrected chi connectivity index (χ2v) is 18.2. The number of alkyl halides is 1. The quantitative estimate of drug-likeness (QED) is 0.262. The zero-order valence-corrected chi connectivity index (χ0v) is 22.6. The van der Waals surface area contributed by atoms with E-state index in [1.165, 1.54) is 48.6 Å². The van der Waals surface area contributed by atoms with Crippen LogP contribution in [0.3, 0.4) is 0 Å². The van der Waals surface area contributed by atoms with Gasteiger partial charge in [0, 0.05) is 14.8 Å². The summed E-state index contributed by atoms with van der Waals surface area (Å²) in [6.45, 7) is 10.5. The van der Waals surface area contributed by atoms with Gasteiger partial charge in [-0.1, -0.05) is 88.5 Å². The standard InChI is InChI=1S/C26H36Br2Si/c1-15-12-20-17-8-5-6-9-18(17)24(28)14-22(20)26(15)29(3,4)25-16(2)13-21-19(25)10-7-11-23(21)27/h7,10-11,13,15,17-18,20,22,24-26H,5-6,8-9,12,14H2,1-4H3. The van der Waals surface area contributed by atoms with E-state index >= 15 is 0 Å². The number of rotatable bonds is 2. The third-order valence-electron chi connectivity index (χ3n) is 9.48. The van der Waals surface area contributed by atoms with Crippen LogP contribution < -0.4 is 0 Å². The lowest BCUT2D eigenvalue weighted by atomic mass is 9.62. The van der Waals surface area contributed by atoms with Crippen molar-refractivity contribution < 1.29 is 0 Å². The smallest absolute Gasteiger partial charge is 0.0635 e. The molecule has 0 aromatic heterocycles. The fourth-order valence-corrected chi connectivity index (χ4v) is 16.2. The molecule has 0 N–H and O–H groups in total. The number of hydrogen-bond acceptors (Lipinski definition) is 0. The average Bonchev–Trinajstić information content (AvgIpc) is 3.20. The molecule has 0 heterocycles. The van der Waals surface area contributed by atoms with E-state index in [0.29, 0.717) is 5.54 Å². The Morgan fingerprint density at radius 2 is 1.69 bits per heavy atom. The molecule has 8 unspecified atom stereocenters. The molecule has 0 amide bonds. The van der Waals surface area contributed by atoms with Crippen LogP contribution in [0.25, 0.3) is 6.08 Å². The van der Waals surface area contributed by atoms with Crippen LogP contribution in [0.15, 0.2) is 28.2 Å². The van der Waals surface area contributed by atoms with Crippen LogP contribution in [0, 0.1) is 29.6 Å². The van der Waals surface area contributed by atoms with Gasteiger partial charge in [0.25, 0.3) is 0 Å². The summed E-state index contributed by atoms with van der Waals surface area (Å²) in [5.41, 5.74) is 6.35. The highest BCUT2D eigenvalue weighted by Gasteiger charge is 2.58. The van der Waals surface area contributed by atoms with Gasteiger partial charge in [-0.2, -0.15) is 0 Å². The molecule has 29 heavy (non-hydrogen) atoms. The van der Waals surface area contributed by atoms with Crippen molar-refractivity contribution in [1.29, 1.82) is 0 Å². The molecule has 4 aliphatic rings. The number of benzene rings is 1. The van der Waals surface area contributed by atoms with Crippen molar-refractivity contribution in [2.45, 2.75) is 81.4 Å². The maximum absolute atomic E-state index is 4.21. The Balaban J connectivity index is 1.51. The molecule has 3 fully saturated rings. The van der Waals surface area contributed by atoms with Crippen LogP contribution in [-0.4, -0.2) is 12.9 Å². The van der Waals surface area contributed by atoms with Gasteiger partial charge < -0.3 is 0 Å². The van der Waals surface area contributed by atoms with Crippen molar-refractivity contribution in [3.05, 3.63) is 39.4 Å². The van der Waals surface area contributed by atoms with Gasteiger partial charge in [0.1, 0.15) is 0 Å². The highest BCUT2D eigenvalue weighted by molar-refractivity contribution is 9.10. The Labute approximate surface area is 195 Å². The lowest BCUT2D eigenvalue weighted by molar-refractivity contribution is 0.0798. The summed E-state index contributed by atoms with van der Waals surface area (Å²) < 4.78 is 1.28. The number of allylic oxidation sites excluding steroid dienone is 1. The molecule has 1 aromatic rings. The molecule has 0 bridgehead atoms. The van der Waals surface area contributed by atoms with Gasteiger partial charge in [-0.3, -0.25) is 0 Å². The first-order valence-electron chi connectivity index (χ1n) is 11.9. The minimum atomic E-state index is -1.54. The summed E-state index contributed by atoms with van der Waals surface area (Å²) in [5, 5.41) is 0. The van der Waals surface area contributed by atoms with E-state index in [1.54, 1.807) is 11.1 Å². The lowest BCUT2D eigenvalue weighted by Gasteiger charge is -2.50. The largest absolute Gasteiger partial charge is 0.0887 e. The van der Waals surface area contributed by atoms with E-state index in [0.717, 1.165) is 40.0 Å². The Bertz CT molecular complexity index is 828. The Hall–Kier alpha value is 0.137. The molecule has 1 aromatic carbocycles. The third-order valence-corrected chi connectivity index (χ3v) is 16.2. The Morgan fingerprint density at radius 3 is 2.45 bits per heavy atom. The van der Waals surface area contributed by atoms with Crippen molar-refractivity contribution in [3.63, 3.8) is 0 Å². The zero-order valence-electron chi connectivity index (χ0n) is 18.4. The molecule has 158 valence electrons. The first kappa shape index (κ1) is 21.0. The summed E-state index contributed by atoms with van der Waals surface area (Å²) in [6, 6.07) is 6.90. The molecule has 0 spiro atoms. The highest BCUT2D eigenvalue weighted by atomic mass is 79.9. The normalized spacial score (nSPS) is 41.5. The topological polar surface area (TPSA) is 0 Å². The summed E-state index contributed by atoms with van der Waals surface area (Å²) in [5.74, 6) is 4.83. The molecule has 8 atom stereocenters. The van der Waals surface area contributed by atoms with Crippen LogP contribution in [0.2, 0.25) is 18.6 Å². The van der Waals surface area contributed by atoms with Crippen LogP contribution in [0.5, 0.6) is 0 Å². The SMILES string of the molecule is CC1=Cc2c(Br)cccc2C1[Si](C)(C)C1C(C)CC2C3CCCCC3C(Br)CC21. The van der Waals surface area contributed by atoms with E-state index in [4.69, 9.17) is 0 Å². The van der Waals surface area contributed by atoms with E-state index in [9.17, 15) is 0 Å². The second kappa shape index (κ2) is 7.62. The lowest BCUT2D eigenvalue weighted by Crippen LogP contribution is -2.48. The number of hydrogen-bond donors (Lipinski definition) is 0. The van der Waals surface area contributed by atoms with E-state index in [1.807, 2.05) is 0 Å². The average molecular weight is 536 g/mol. The first-order valence-corrected chi connectivity index (χ1v) is 16.8. The van der Waals surface area contributed by atoms with Gasteiger partial charge in [0.05, 0.1) is 8.07 Å². The van der Waals surface area contributed by atoms with Gasteiger partial charge in [-0.25, -0.2) is 0 Å². The highest BCUT2D eigenvalue weighted by Crippen LogP contribution is 2.64. The zero-order chi connectivity index (χ0) is 20.5. The van der Waals surface area contributed by atoms with Gasteiger partial charge in [-0.05, 0) is 84.9 Å². The predicted molar refractivity (Wildman–Crippen MR) is 135 cm³/mol.